The molecule has 0 radical (unpaired) electrons. The molecule has 0 aliphatic rings. The van der Waals surface area contributed by atoms with E-state index in [1.165, 1.54) is 7.11 Å². The zero-order chi connectivity index (χ0) is 11.4. The highest BCUT2D eigenvalue weighted by Gasteiger charge is 2.03. The fraction of sp³-hybridized carbons (Fsp3) is 0.0909. The lowest BCUT2D eigenvalue weighted by molar-refractivity contribution is 0.187. The van der Waals surface area contributed by atoms with Gasteiger partial charge in [0.25, 0.3) is 0 Å². The number of nitrogens with zero attached hydrogens (tertiary/aromatic N) is 1. The Bertz CT molecular complexity index is 480. The second-order valence-electron chi connectivity index (χ2n) is 3.14. The molecule has 16 heavy (non-hydrogen) atoms. The fourth-order valence-electron chi connectivity index (χ4n) is 1.34. The number of H-pyrrole nitrogens is 1. The first-order chi connectivity index (χ1) is 7.79. The van der Waals surface area contributed by atoms with Crippen LogP contribution in [0.15, 0.2) is 36.7 Å². The van der Waals surface area contributed by atoms with Crippen molar-refractivity contribution < 1.29 is 9.53 Å². The van der Waals surface area contributed by atoms with E-state index in [1.54, 1.807) is 18.5 Å². The summed E-state index contributed by atoms with van der Waals surface area (Å²) in [5, 5.41) is 2.59. The molecule has 5 nitrogen and oxygen atoms in total. The molecule has 2 aromatic rings. The number of amides is 1. The molecule has 0 atom stereocenters. The first-order valence-electron chi connectivity index (χ1n) is 4.74. The van der Waals surface area contributed by atoms with Crippen molar-refractivity contribution in [2.75, 3.05) is 12.4 Å². The van der Waals surface area contributed by atoms with Gasteiger partial charge >= 0.3 is 6.09 Å². The minimum Gasteiger partial charge on any atom is -0.453 e. The Morgan fingerprint density at radius 3 is 3.06 bits per heavy atom. The average Bonchev–Trinajstić information content (AvgIpc) is 2.83. The van der Waals surface area contributed by atoms with Crippen molar-refractivity contribution in [1.82, 2.24) is 9.97 Å². The normalized spacial score (nSPS) is 9.81. The number of nitrogens with one attached hydrogen (secondary N) is 2. The highest BCUT2D eigenvalue weighted by molar-refractivity contribution is 5.85. The third-order valence-electron chi connectivity index (χ3n) is 2.07. The van der Waals surface area contributed by atoms with Crippen molar-refractivity contribution in [2.45, 2.75) is 0 Å². The number of methoxy groups -OCH3 is 1. The van der Waals surface area contributed by atoms with Crippen LogP contribution in [0.1, 0.15) is 0 Å². The van der Waals surface area contributed by atoms with Crippen LogP contribution in [0, 0.1) is 0 Å². The van der Waals surface area contributed by atoms with E-state index in [1.807, 2.05) is 18.2 Å². The third-order valence-corrected chi connectivity index (χ3v) is 2.07. The molecule has 1 amide bonds. The number of carbonyl (C=O) groups excluding carboxylic acids is 1. The molecule has 5 heteroatoms. The Labute approximate surface area is 92.5 Å². The molecule has 0 bridgehead atoms. The van der Waals surface area contributed by atoms with Gasteiger partial charge < -0.3 is 9.72 Å². The molecular weight excluding hydrogens is 206 g/mol. The van der Waals surface area contributed by atoms with E-state index in [2.05, 4.69) is 20.0 Å². The zero-order valence-electron chi connectivity index (χ0n) is 8.73. The Morgan fingerprint density at radius 1 is 1.50 bits per heavy atom. The molecule has 1 heterocycles. The van der Waals surface area contributed by atoms with Crippen LogP contribution in [-0.4, -0.2) is 23.2 Å². The monoisotopic (exact) mass is 217 g/mol. The summed E-state index contributed by atoms with van der Waals surface area (Å²) in [6, 6.07) is 7.34. The van der Waals surface area contributed by atoms with Gasteiger partial charge in [-0.2, -0.15) is 0 Å². The standard InChI is InChI=1S/C11H11N3O2/c1-16-11(15)14-9-4-2-3-8(7-9)10-12-5-6-13-10/h2-7H,1H3,(H,12,13)(H,14,15). The number of imidazole rings is 1. The minimum absolute atomic E-state index is 0.489. The summed E-state index contributed by atoms with van der Waals surface area (Å²) < 4.78 is 4.51. The average molecular weight is 217 g/mol. The fourth-order valence-corrected chi connectivity index (χ4v) is 1.34. The van der Waals surface area contributed by atoms with E-state index in [0.717, 1.165) is 11.4 Å². The van der Waals surface area contributed by atoms with Gasteiger partial charge in [-0.25, -0.2) is 9.78 Å². The van der Waals surface area contributed by atoms with Crippen molar-refractivity contribution in [3.8, 4) is 11.4 Å². The number of hydrogen-bond donors (Lipinski definition) is 2. The van der Waals surface area contributed by atoms with Gasteiger partial charge in [0.15, 0.2) is 0 Å². The number of anilines is 1. The molecule has 1 aromatic heterocycles. The largest absolute Gasteiger partial charge is 0.453 e. The highest BCUT2D eigenvalue weighted by atomic mass is 16.5. The highest BCUT2D eigenvalue weighted by Crippen LogP contribution is 2.18. The molecule has 0 aliphatic heterocycles. The Kier molecular flexibility index (Phi) is 2.86. The van der Waals surface area contributed by atoms with Gasteiger partial charge in [0, 0.05) is 23.6 Å². The molecule has 0 saturated carbocycles. The lowest BCUT2D eigenvalue weighted by Crippen LogP contribution is -2.10. The summed E-state index contributed by atoms with van der Waals surface area (Å²) >= 11 is 0. The predicted octanol–water partition coefficient (Wildman–Crippen LogP) is 2.25. The topological polar surface area (TPSA) is 67.0 Å². The SMILES string of the molecule is COC(=O)Nc1cccc(-c2ncc[nH]2)c1. The van der Waals surface area contributed by atoms with Gasteiger partial charge in [-0.3, -0.25) is 5.32 Å². The number of rotatable bonds is 2. The van der Waals surface area contributed by atoms with Crippen LogP contribution in [0.4, 0.5) is 10.5 Å². The first kappa shape index (κ1) is 10.2. The van der Waals surface area contributed by atoms with Crippen LogP contribution in [0.3, 0.4) is 0 Å². The number of aromatic nitrogens is 2. The number of hydrogen-bond acceptors (Lipinski definition) is 3. The quantitative estimate of drug-likeness (QED) is 0.810. The lowest BCUT2D eigenvalue weighted by atomic mass is 10.2. The van der Waals surface area contributed by atoms with Gasteiger partial charge in [-0.15, -0.1) is 0 Å². The summed E-state index contributed by atoms with van der Waals surface area (Å²) in [5.41, 5.74) is 1.57. The van der Waals surface area contributed by atoms with Crippen LogP contribution in [-0.2, 0) is 4.74 Å². The smallest absolute Gasteiger partial charge is 0.411 e. The molecule has 82 valence electrons. The first-order valence-corrected chi connectivity index (χ1v) is 4.74. The molecule has 2 rings (SSSR count). The molecular formula is C11H11N3O2. The number of ether oxygens (including phenoxy) is 1. The van der Waals surface area contributed by atoms with E-state index in [9.17, 15) is 4.79 Å². The van der Waals surface area contributed by atoms with Gasteiger partial charge in [-0.1, -0.05) is 12.1 Å². The van der Waals surface area contributed by atoms with E-state index in [-0.39, 0.29) is 0 Å². The van der Waals surface area contributed by atoms with Crippen LogP contribution >= 0.6 is 0 Å². The summed E-state index contributed by atoms with van der Waals surface area (Å²) in [7, 11) is 1.33. The second kappa shape index (κ2) is 4.48. The predicted molar refractivity (Wildman–Crippen MR) is 60.1 cm³/mol. The Hall–Kier alpha value is -2.30. The van der Waals surface area contributed by atoms with Gasteiger partial charge in [0.05, 0.1) is 7.11 Å². The van der Waals surface area contributed by atoms with E-state index in [0.29, 0.717) is 5.69 Å². The number of carbonyl (C=O) groups is 1. The van der Waals surface area contributed by atoms with Crippen molar-refractivity contribution in [1.29, 1.82) is 0 Å². The van der Waals surface area contributed by atoms with Crippen molar-refractivity contribution >= 4 is 11.8 Å². The van der Waals surface area contributed by atoms with Gasteiger partial charge in [0.1, 0.15) is 5.82 Å². The molecule has 2 N–H and O–H groups in total. The van der Waals surface area contributed by atoms with Crippen LogP contribution < -0.4 is 5.32 Å². The Morgan fingerprint density at radius 2 is 2.38 bits per heavy atom. The molecule has 0 spiro atoms. The Balaban J connectivity index is 2.23. The maximum absolute atomic E-state index is 11.0. The summed E-state index contributed by atoms with van der Waals surface area (Å²) in [6.45, 7) is 0. The molecule has 0 unspecified atom stereocenters. The summed E-state index contributed by atoms with van der Waals surface area (Å²) in [5.74, 6) is 0.758. The van der Waals surface area contributed by atoms with Crippen LogP contribution in [0.2, 0.25) is 0 Å². The molecule has 0 fully saturated rings. The van der Waals surface area contributed by atoms with Crippen LogP contribution in [0.5, 0.6) is 0 Å². The zero-order valence-corrected chi connectivity index (χ0v) is 8.73. The molecule has 0 aliphatic carbocycles. The van der Waals surface area contributed by atoms with Gasteiger partial charge in [0.2, 0.25) is 0 Å². The van der Waals surface area contributed by atoms with Crippen molar-refractivity contribution in [2.24, 2.45) is 0 Å². The van der Waals surface area contributed by atoms with Gasteiger partial charge in [-0.05, 0) is 12.1 Å². The number of aromatic amines is 1. The van der Waals surface area contributed by atoms with E-state index in [4.69, 9.17) is 0 Å². The van der Waals surface area contributed by atoms with Crippen molar-refractivity contribution in [3.63, 3.8) is 0 Å². The number of benzene rings is 1. The lowest BCUT2D eigenvalue weighted by Gasteiger charge is -2.04. The summed E-state index contributed by atoms with van der Waals surface area (Å²) in [4.78, 5) is 18.1. The van der Waals surface area contributed by atoms with Crippen LogP contribution in [0.25, 0.3) is 11.4 Å². The van der Waals surface area contributed by atoms with Crippen molar-refractivity contribution in [3.05, 3.63) is 36.7 Å². The van der Waals surface area contributed by atoms with E-state index < -0.39 is 6.09 Å². The summed E-state index contributed by atoms with van der Waals surface area (Å²) in [6.07, 6.45) is 2.93. The second-order valence-corrected chi connectivity index (χ2v) is 3.14. The minimum atomic E-state index is -0.489. The third kappa shape index (κ3) is 2.20. The molecule has 0 saturated heterocycles. The van der Waals surface area contributed by atoms with E-state index >= 15 is 0 Å². The maximum atomic E-state index is 11.0. The molecule has 1 aromatic carbocycles. The maximum Gasteiger partial charge on any atom is 0.411 e.